The largest absolute Gasteiger partial charge is 0.306 e. The van der Waals surface area contributed by atoms with Crippen LogP contribution in [0.15, 0.2) is 0 Å². The summed E-state index contributed by atoms with van der Waals surface area (Å²) in [5, 5.41) is 0. The minimum atomic E-state index is 0.563. The Morgan fingerprint density at radius 3 is 1.86 bits per heavy atom. The third kappa shape index (κ3) is 2.48. The molecule has 6 atom stereocenters. The zero-order valence-electron chi connectivity index (χ0n) is 15.4. The van der Waals surface area contributed by atoms with Crippen molar-refractivity contribution in [2.45, 2.75) is 72.8 Å². The van der Waals surface area contributed by atoms with E-state index in [-0.39, 0.29) is 0 Å². The highest BCUT2D eigenvalue weighted by molar-refractivity contribution is 5.06. The van der Waals surface area contributed by atoms with Crippen molar-refractivity contribution in [3.8, 4) is 0 Å². The molecule has 0 N–H and O–H groups in total. The van der Waals surface area contributed by atoms with E-state index in [1.165, 1.54) is 32.1 Å². The Bertz CT molecular complexity index is 395. The van der Waals surface area contributed by atoms with Crippen LogP contribution in [0.2, 0.25) is 0 Å². The molecule has 1 heteroatoms. The fourth-order valence-electron chi connectivity index (χ4n) is 6.68. The molecule has 3 rings (SSSR count). The molecule has 3 fully saturated rings. The number of hydrogen-bond acceptors (Lipinski definition) is 1. The van der Waals surface area contributed by atoms with Gasteiger partial charge in [0.25, 0.3) is 0 Å². The highest BCUT2D eigenvalue weighted by Gasteiger charge is 2.55. The van der Waals surface area contributed by atoms with Gasteiger partial charge in [-0.2, -0.15) is 0 Å². The predicted molar refractivity (Wildman–Crippen MR) is 91.2 cm³/mol. The van der Waals surface area contributed by atoms with Crippen LogP contribution in [0.5, 0.6) is 0 Å². The standard InChI is InChI=1S/C20H37N/c1-13-10-14-11-16-17(12-15(14)18(13)21(6)7)20(4,5)9-8-19(16,2)3/h13-18H,8-12H2,1-7H3. The van der Waals surface area contributed by atoms with Crippen molar-refractivity contribution in [3.05, 3.63) is 0 Å². The van der Waals surface area contributed by atoms with Crippen LogP contribution in [0.3, 0.4) is 0 Å². The summed E-state index contributed by atoms with van der Waals surface area (Å²) in [7, 11) is 4.62. The van der Waals surface area contributed by atoms with Gasteiger partial charge in [0.2, 0.25) is 0 Å². The molecule has 1 nitrogen and oxygen atoms in total. The Hall–Kier alpha value is -0.0400. The van der Waals surface area contributed by atoms with Crippen LogP contribution < -0.4 is 0 Å². The highest BCUT2D eigenvalue weighted by atomic mass is 15.1. The lowest BCUT2D eigenvalue weighted by atomic mass is 9.48. The molecule has 0 saturated heterocycles. The summed E-state index contributed by atoms with van der Waals surface area (Å²) in [5.41, 5.74) is 1.14. The van der Waals surface area contributed by atoms with E-state index in [1.54, 1.807) is 0 Å². The number of rotatable bonds is 1. The van der Waals surface area contributed by atoms with Gasteiger partial charge in [-0.3, -0.25) is 0 Å². The Balaban J connectivity index is 1.89. The molecule has 122 valence electrons. The van der Waals surface area contributed by atoms with Crippen LogP contribution in [-0.2, 0) is 0 Å². The first-order chi connectivity index (χ1) is 9.63. The summed E-state index contributed by atoms with van der Waals surface area (Å²) in [6, 6.07) is 0.830. The minimum Gasteiger partial charge on any atom is -0.306 e. The van der Waals surface area contributed by atoms with Crippen LogP contribution in [0.25, 0.3) is 0 Å². The van der Waals surface area contributed by atoms with E-state index in [0.717, 1.165) is 35.6 Å². The van der Waals surface area contributed by atoms with Gasteiger partial charge in [-0.25, -0.2) is 0 Å². The maximum atomic E-state index is 2.56. The van der Waals surface area contributed by atoms with Gasteiger partial charge in [0.15, 0.2) is 0 Å². The quantitative estimate of drug-likeness (QED) is 0.652. The molecule has 0 radical (unpaired) electrons. The van der Waals surface area contributed by atoms with Crippen LogP contribution in [0, 0.1) is 40.4 Å². The molecule has 3 saturated carbocycles. The molecule has 0 aromatic heterocycles. The van der Waals surface area contributed by atoms with Crippen molar-refractivity contribution >= 4 is 0 Å². The zero-order valence-corrected chi connectivity index (χ0v) is 15.4. The third-order valence-corrected chi connectivity index (χ3v) is 7.89. The molecular weight excluding hydrogens is 254 g/mol. The van der Waals surface area contributed by atoms with Crippen LogP contribution in [-0.4, -0.2) is 25.0 Å². The Kier molecular flexibility index (Phi) is 3.76. The molecule has 0 spiro atoms. The van der Waals surface area contributed by atoms with E-state index in [0.29, 0.717) is 10.8 Å². The first-order valence-electron chi connectivity index (χ1n) is 9.30. The summed E-state index contributed by atoms with van der Waals surface area (Å²) in [6.07, 6.45) is 7.36. The second kappa shape index (κ2) is 4.98. The minimum absolute atomic E-state index is 0.563. The van der Waals surface area contributed by atoms with Gasteiger partial charge in [-0.1, -0.05) is 34.6 Å². The van der Waals surface area contributed by atoms with Crippen molar-refractivity contribution in [1.82, 2.24) is 4.90 Å². The van der Waals surface area contributed by atoms with E-state index < -0.39 is 0 Å². The summed E-state index contributed by atoms with van der Waals surface area (Å²) in [4.78, 5) is 2.54. The van der Waals surface area contributed by atoms with Crippen molar-refractivity contribution in [2.75, 3.05) is 14.1 Å². The Morgan fingerprint density at radius 1 is 0.810 bits per heavy atom. The van der Waals surface area contributed by atoms with Crippen molar-refractivity contribution in [3.63, 3.8) is 0 Å². The normalized spacial score (nSPS) is 48.0. The molecule has 0 amide bonds. The first kappa shape index (κ1) is 15.8. The fraction of sp³-hybridized carbons (Fsp3) is 1.00. The molecular formula is C20H37N. The average Bonchev–Trinajstić information content (AvgIpc) is 2.69. The van der Waals surface area contributed by atoms with Crippen LogP contribution in [0.1, 0.15) is 66.7 Å². The molecule has 3 aliphatic rings. The van der Waals surface area contributed by atoms with Crippen LogP contribution in [0.4, 0.5) is 0 Å². The number of hydrogen-bond donors (Lipinski definition) is 0. The van der Waals surface area contributed by atoms with E-state index in [2.05, 4.69) is 53.6 Å². The molecule has 0 aromatic carbocycles. The topological polar surface area (TPSA) is 3.24 Å². The predicted octanol–water partition coefficient (Wildman–Crippen LogP) is 5.06. The monoisotopic (exact) mass is 291 g/mol. The summed E-state index contributed by atoms with van der Waals surface area (Å²) in [6.45, 7) is 12.7. The second-order valence-electron chi connectivity index (χ2n) is 10.3. The Morgan fingerprint density at radius 2 is 1.33 bits per heavy atom. The van der Waals surface area contributed by atoms with Gasteiger partial charge >= 0.3 is 0 Å². The maximum absolute atomic E-state index is 2.56. The van der Waals surface area contributed by atoms with Crippen molar-refractivity contribution < 1.29 is 0 Å². The molecule has 0 heterocycles. The average molecular weight is 292 g/mol. The molecule has 0 aliphatic heterocycles. The number of nitrogens with zero attached hydrogens (tertiary/aromatic N) is 1. The Labute approximate surface area is 132 Å². The van der Waals surface area contributed by atoms with Gasteiger partial charge in [-0.05, 0) is 86.6 Å². The first-order valence-corrected chi connectivity index (χ1v) is 9.30. The zero-order chi connectivity index (χ0) is 15.6. The summed E-state index contributed by atoms with van der Waals surface area (Å²) < 4.78 is 0. The van der Waals surface area contributed by atoms with E-state index in [1.807, 2.05) is 0 Å². The van der Waals surface area contributed by atoms with Crippen molar-refractivity contribution in [2.24, 2.45) is 40.4 Å². The van der Waals surface area contributed by atoms with Gasteiger partial charge in [-0.15, -0.1) is 0 Å². The van der Waals surface area contributed by atoms with E-state index in [9.17, 15) is 0 Å². The molecule has 0 aromatic rings. The maximum Gasteiger partial charge on any atom is 0.0146 e. The number of fused-ring (bicyclic) bond motifs is 2. The van der Waals surface area contributed by atoms with Gasteiger partial charge in [0.1, 0.15) is 0 Å². The van der Waals surface area contributed by atoms with E-state index >= 15 is 0 Å². The molecule has 3 aliphatic carbocycles. The lowest BCUT2D eigenvalue weighted by Crippen LogP contribution is -2.51. The lowest BCUT2D eigenvalue weighted by molar-refractivity contribution is -0.0788. The second-order valence-corrected chi connectivity index (χ2v) is 10.3. The van der Waals surface area contributed by atoms with Crippen molar-refractivity contribution in [1.29, 1.82) is 0 Å². The molecule has 6 unspecified atom stereocenters. The van der Waals surface area contributed by atoms with Gasteiger partial charge < -0.3 is 4.90 Å². The third-order valence-electron chi connectivity index (χ3n) is 7.89. The SMILES string of the molecule is CC1CC2CC3C(CC2C1N(C)C)C(C)(C)CCC3(C)C. The smallest absolute Gasteiger partial charge is 0.0146 e. The van der Waals surface area contributed by atoms with Gasteiger partial charge in [0.05, 0.1) is 0 Å². The molecule has 0 bridgehead atoms. The fourth-order valence-corrected chi connectivity index (χ4v) is 6.68. The van der Waals surface area contributed by atoms with Gasteiger partial charge in [0, 0.05) is 6.04 Å². The van der Waals surface area contributed by atoms with Crippen LogP contribution >= 0.6 is 0 Å². The lowest BCUT2D eigenvalue weighted by Gasteiger charge is -2.57. The molecule has 21 heavy (non-hydrogen) atoms. The van der Waals surface area contributed by atoms with E-state index in [4.69, 9.17) is 0 Å². The summed E-state index contributed by atoms with van der Waals surface area (Å²) in [5.74, 6) is 4.78. The summed E-state index contributed by atoms with van der Waals surface area (Å²) >= 11 is 0. The highest BCUT2D eigenvalue weighted by Crippen LogP contribution is 2.62.